The van der Waals surface area contributed by atoms with Crippen molar-refractivity contribution in [2.45, 2.75) is 33.0 Å². The third-order valence-electron chi connectivity index (χ3n) is 2.16. The van der Waals surface area contributed by atoms with Gasteiger partial charge in [0.15, 0.2) is 5.69 Å². The Morgan fingerprint density at radius 2 is 2.17 bits per heavy atom. The molecule has 100 valence electrons. The molecule has 0 aliphatic carbocycles. The second-order valence-electron chi connectivity index (χ2n) is 3.96. The van der Waals surface area contributed by atoms with Crippen LogP contribution in [0, 0.1) is 0 Å². The third-order valence-corrected chi connectivity index (χ3v) is 2.16. The Balaban J connectivity index is 2.74. The topological polar surface area (TPSA) is 38.0 Å². The van der Waals surface area contributed by atoms with Gasteiger partial charge in [-0.05, 0) is 31.1 Å². The van der Waals surface area contributed by atoms with Crippen LogP contribution in [0.3, 0.4) is 0 Å². The first kappa shape index (κ1) is 14.3. The van der Waals surface area contributed by atoms with E-state index in [-0.39, 0.29) is 12.3 Å². The summed E-state index contributed by atoms with van der Waals surface area (Å²) in [5.74, 6) is 0.117. The molecule has 0 aromatic carbocycles. The molecule has 0 unspecified atom stereocenters. The Labute approximate surface area is 103 Å². The van der Waals surface area contributed by atoms with Gasteiger partial charge in [-0.25, -0.2) is 4.98 Å². The van der Waals surface area contributed by atoms with Crippen molar-refractivity contribution in [3.8, 4) is 0 Å². The van der Waals surface area contributed by atoms with Gasteiger partial charge in [-0.3, -0.25) is 0 Å². The number of nitrogens with zero attached hydrogens (tertiary/aromatic N) is 2. The van der Waals surface area contributed by atoms with Gasteiger partial charge in [0.25, 0.3) is 0 Å². The van der Waals surface area contributed by atoms with E-state index in [4.69, 9.17) is 0 Å². The maximum atomic E-state index is 12.3. The molecular formula is C12H15F3N2O. The van der Waals surface area contributed by atoms with Gasteiger partial charge in [0, 0.05) is 12.7 Å². The predicted molar refractivity (Wildman–Crippen MR) is 62.0 cm³/mol. The summed E-state index contributed by atoms with van der Waals surface area (Å²) in [6.07, 6.45) is 1.49. The van der Waals surface area contributed by atoms with E-state index in [1.165, 1.54) is 10.6 Å². The van der Waals surface area contributed by atoms with Gasteiger partial charge >= 0.3 is 6.18 Å². The second-order valence-corrected chi connectivity index (χ2v) is 3.96. The van der Waals surface area contributed by atoms with E-state index in [0.717, 1.165) is 18.1 Å². The minimum Gasteiger partial charge on any atom is -0.508 e. The molecule has 0 aliphatic heterocycles. The van der Waals surface area contributed by atoms with Crippen LogP contribution in [-0.4, -0.2) is 14.7 Å². The van der Waals surface area contributed by atoms with Gasteiger partial charge in [-0.2, -0.15) is 13.2 Å². The van der Waals surface area contributed by atoms with Crippen LogP contribution in [0.4, 0.5) is 13.2 Å². The molecule has 1 rings (SSSR count). The Bertz CT molecular complexity index is 458. The van der Waals surface area contributed by atoms with Crippen molar-refractivity contribution in [3.05, 3.63) is 41.7 Å². The highest BCUT2D eigenvalue weighted by Gasteiger charge is 2.33. The SMILES string of the molecule is CC/C=C(O)\C=C(\C)Cn1cnc(C(F)(F)F)c1. The molecule has 1 N–H and O–H groups in total. The molecule has 0 saturated heterocycles. The van der Waals surface area contributed by atoms with Crippen LogP contribution in [0.2, 0.25) is 0 Å². The number of imidazole rings is 1. The van der Waals surface area contributed by atoms with E-state index >= 15 is 0 Å². The lowest BCUT2D eigenvalue weighted by molar-refractivity contribution is -0.140. The molecule has 3 nitrogen and oxygen atoms in total. The van der Waals surface area contributed by atoms with E-state index in [1.807, 2.05) is 6.92 Å². The van der Waals surface area contributed by atoms with Gasteiger partial charge in [0.05, 0.1) is 6.33 Å². The largest absolute Gasteiger partial charge is 0.508 e. The second kappa shape index (κ2) is 5.75. The summed E-state index contributed by atoms with van der Waals surface area (Å²) in [6.45, 7) is 3.86. The summed E-state index contributed by atoms with van der Waals surface area (Å²) in [5.41, 5.74) is -0.174. The predicted octanol–water partition coefficient (Wildman–Crippen LogP) is 3.70. The average Bonchev–Trinajstić information content (AvgIpc) is 2.65. The maximum Gasteiger partial charge on any atom is 0.434 e. The molecule has 18 heavy (non-hydrogen) atoms. The molecule has 0 bridgehead atoms. The van der Waals surface area contributed by atoms with Crippen molar-refractivity contribution < 1.29 is 18.3 Å². The summed E-state index contributed by atoms with van der Waals surface area (Å²) < 4.78 is 38.3. The van der Waals surface area contributed by atoms with Crippen LogP contribution in [-0.2, 0) is 12.7 Å². The lowest BCUT2D eigenvalue weighted by Gasteiger charge is -2.03. The van der Waals surface area contributed by atoms with Crippen LogP contribution < -0.4 is 0 Å². The minimum absolute atomic E-state index is 0.117. The van der Waals surface area contributed by atoms with E-state index in [0.29, 0.717) is 6.42 Å². The Morgan fingerprint density at radius 3 is 2.67 bits per heavy atom. The Hall–Kier alpha value is -1.72. The van der Waals surface area contributed by atoms with Gasteiger partial charge < -0.3 is 9.67 Å². The molecule has 0 aliphatic rings. The first-order valence-corrected chi connectivity index (χ1v) is 5.48. The standard InChI is InChI=1S/C12H15F3N2O/c1-3-4-10(18)5-9(2)6-17-7-11(16-8-17)12(13,14)15/h4-5,7-8,18H,3,6H2,1-2H3/b9-5-,10-4+. The van der Waals surface area contributed by atoms with Gasteiger partial charge in [-0.15, -0.1) is 0 Å². The zero-order valence-electron chi connectivity index (χ0n) is 10.2. The fourth-order valence-electron chi connectivity index (χ4n) is 1.45. The molecule has 0 spiro atoms. The molecule has 0 saturated carbocycles. The van der Waals surface area contributed by atoms with E-state index in [1.54, 1.807) is 13.0 Å². The summed E-state index contributed by atoms with van der Waals surface area (Å²) in [4.78, 5) is 3.29. The van der Waals surface area contributed by atoms with Crippen molar-refractivity contribution >= 4 is 0 Å². The highest BCUT2D eigenvalue weighted by atomic mass is 19.4. The highest BCUT2D eigenvalue weighted by molar-refractivity contribution is 5.16. The minimum atomic E-state index is -4.42. The van der Waals surface area contributed by atoms with Crippen LogP contribution in [0.5, 0.6) is 0 Å². The molecule has 1 heterocycles. The number of aromatic nitrogens is 2. The number of alkyl halides is 3. The molecule has 0 amide bonds. The molecular weight excluding hydrogens is 245 g/mol. The zero-order chi connectivity index (χ0) is 13.8. The molecule has 0 atom stereocenters. The number of allylic oxidation sites excluding steroid dienone is 3. The third kappa shape index (κ3) is 4.27. The lowest BCUT2D eigenvalue weighted by atomic mass is 10.2. The smallest absolute Gasteiger partial charge is 0.434 e. The van der Waals surface area contributed by atoms with E-state index in [9.17, 15) is 18.3 Å². The quantitative estimate of drug-likeness (QED) is 0.662. The summed E-state index contributed by atoms with van der Waals surface area (Å²) in [7, 11) is 0. The molecule has 1 aromatic heterocycles. The van der Waals surface area contributed by atoms with Crippen molar-refractivity contribution in [2.24, 2.45) is 0 Å². The van der Waals surface area contributed by atoms with Crippen LogP contribution in [0.25, 0.3) is 0 Å². The van der Waals surface area contributed by atoms with Gasteiger partial charge in [-0.1, -0.05) is 6.92 Å². The van der Waals surface area contributed by atoms with Crippen LogP contribution in [0.1, 0.15) is 26.0 Å². The van der Waals surface area contributed by atoms with Gasteiger partial charge in [0.2, 0.25) is 0 Å². The Morgan fingerprint density at radius 1 is 1.50 bits per heavy atom. The average molecular weight is 260 g/mol. The Kier molecular flexibility index (Phi) is 4.58. The van der Waals surface area contributed by atoms with E-state index in [2.05, 4.69) is 4.98 Å². The van der Waals surface area contributed by atoms with E-state index < -0.39 is 11.9 Å². The number of rotatable bonds is 4. The number of aliphatic hydroxyl groups excluding tert-OH is 1. The lowest BCUT2D eigenvalue weighted by Crippen LogP contribution is -2.05. The first-order chi connectivity index (χ1) is 8.32. The van der Waals surface area contributed by atoms with Crippen LogP contribution in [0.15, 0.2) is 36.0 Å². The maximum absolute atomic E-state index is 12.3. The molecule has 0 fully saturated rings. The fourth-order valence-corrected chi connectivity index (χ4v) is 1.45. The number of hydrogen-bond acceptors (Lipinski definition) is 2. The molecule has 6 heteroatoms. The number of hydrogen-bond donors (Lipinski definition) is 1. The number of aliphatic hydroxyl groups is 1. The highest BCUT2D eigenvalue weighted by Crippen LogP contribution is 2.27. The molecule has 0 radical (unpaired) electrons. The first-order valence-electron chi connectivity index (χ1n) is 5.48. The normalized spacial score (nSPS) is 14.1. The molecule has 1 aromatic rings. The van der Waals surface area contributed by atoms with Crippen LogP contribution >= 0.6 is 0 Å². The summed E-state index contributed by atoms with van der Waals surface area (Å²) in [5, 5.41) is 9.41. The number of halogens is 3. The van der Waals surface area contributed by atoms with Crippen molar-refractivity contribution in [1.82, 2.24) is 9.55 Å². The van der Waals surface area contributed by atoms with Gasteiger partial charge in [0.1, 0.15) is 5.76 Å². The summed E-state index contributed by atoms with van der Waals surface area (Å²) >= 11 is 0. The van der Waals surface area contributed by atoms with Crippen molar-refractivity contribution in [3.63, 3.8) is 0 Å². The monoisotopic (exact) mass is 260 g/mol. The summed E-state index contributed by atoms with van der Waals surface area (Å²) in [6, 6.07) is 0. The van der Waals surface area contributed by atoms with Crippen molar-refractivity contribution in [2.75, 3.05) is 0 Å². The van der Waals surface area contributed by atoms with Crippen molar-refractivity contribution in [1.29, 1.82) is 0 Å². The zero-order valence-corrected chi connectivity index (χ0v) is 10.2. The fraction of sp³-hybridized carbons (Fsp3) is 0.417.